The summed E-state index contributed by atoms with van der Waals surface area (Å²) in [4.78, 5) is 23.5. The zero-order valence-electron chi connectivity index (χ0n) is 9.59. The van der Waals surface area contributed by atoms with Crippen LogP contribution in [0.1, 0.15) is 19.3 Å². The van der Waals surface area contributed by atoms with Gasteiger partial charge in [0.25, 0.3) is 0 Å². The summed E-state index contributed by atoms with van der Waals surface area (Å²) in [7, 11) is 0. The number of hydrogen-bond acceptors (Lipinski definition) is 4. The largest absolute Gasteiger partial charge is 0.481 e. The molecule has 1 atom stereocenters. The van der Waals surface area contributed by atoms with E-state index in [1.54, 1.807) is 0 Å². The number of β-amino-alcohol motifs (C(OH)–C–C–N with tert-alkyl or cyclic N) is 1. The number of aliphatic hydroxyl groups is 1. The number of rotatable bonds is 4. The Labute approximate surface area is 99.5 Å². The smallest absolute Gasteiger partial charge is 0.410 e. The second-order valence-electron chi connectivity index (χ2n) is 4.19. The molecule has 96 valence electrons. The van der Waals surface area contributed by atoms with Gasteiger partial charge in [0.2, 0.25) is 0 Å². The summed E-state index contributed by atoms with van der Waals surface area (Å²) < 4.78 is 4.84. The lowest BCUT2D eigenvalue weighted by molar-refractivity contribution is -0.144. The maximum atomic E-state index is 11.5. The van der Waals surface area contributed by atoms with Gasteiger partial charge >= 0.3 is 12.1 Å². The van der Waals surface area contributed by atoms with Gasteiger partial charge in [0.05, 0.1) is 18.6 Å². The van der Waals surface area contributed by atoms with Crippen LogP contribution in [0, 0.1) is 0 Å². The zero-order chi connectivity index (χ0) is 12.9. The van der Waals surface area contributed by atoms with Crippen LogP contribution in [-0.4, -0.2) is 52.5 Å². The molecule has 6 heteroatoms. The highest BCUT2D eigenvalue weighted by Gasteiger charge is 2.37. The SMILES string of the molecule is C=CCOC(=O)N1CCCC(O)(CC(=O)O)C1. The predicted octanol–water partition coefficient (Wildman–Crippen LogP) is 0.611. The van der Waals surface area contributed by atoms with Crippen molar-refractivity contribution >= 4 is 12.1 Å². The topological polar surface area (TPSA) is 87.1 Å². The van der Waals surface area contributed by atoms with Crippen molar-refractivity contribution in [2.24, 2.45) is 0 Å². The third kappa shape index (κ3) is 4.07. The van der Waals surface area contributed by atoms with Gasteiger partial charge < -0.3 is 19.8 Å². The van der Waals surface area contributed by atoms with Crippen molar-refractivity contribution in [2.45, 2.75) is 24.9 Å². The van der Waals surface area contributed by atoms with Gasteiger partial charge in [-0.3, -0.25) is 4.79 Å². The number of hydrogen-bond donors (Lipinski definition) is 2. The third-order valence-electron chi connectivity index (χ3n) is 2.62. The molecule has 1 fully saturated rings. The van der Waals surface area contributed by atoms with Crippen LogP contribution in [0.3, 0.4) is 0 Å². The minimum Gasteiger partial charge on any atom is -0.481 e. The van der Waals surface area contributed by atoms with Crippen LogP contribution in [-0.2, 0) is 9.53 Å². The Morgan fingerprint density at radius 2 is 2.24 bits per heavy atom. The van der Waals surface area contributed by atoms with Gasteiger partial charge in [0.1, 0.15) is 6.61 Å². The number of carbonyl (C=O) groups is 2. The Kier molecular flexibility index (Phi) is 4.51. The van der Waals surface area contributed by atoms with Gasteiger partial charge in [-0.1, -0.05) is 12.7 Å². The Hall–Kier alpha value is -1.56. The minimum absolute atomic E-state index is 0.00469. The Morgan fingerprint density at radius 1 is 1.53 bits per heavy atom. The van der Waals surface area contributed by atoms with Crippen LogP contribution in [0.2, 0.25) is 0 Å². The van der Waals surface area contributed by atoms with E-state index >= 15 is 0 Å². The van der Waals surface area contributed by atoms with Crippen molar-refractivity contribution in [3.63, 3.8) is 0 Å². The van der Waals surface area contributed by atoms with E-state index in [4.69, 9.17) is 9.84 Å². The van der Waals surface area contributed by atoms with E-state index < -0.39 is 17.7 Å². The van der Waals surface area contributed by atoms with Crippen molar-refractivity contribution in [3.8, 4) is 0 Å². The summed E-state index contributed by atoms with van der Waals surface area (Å²) >= 11 is 0. The number of amides is 1. The summed E-state index contributed by atoms with van der Waals surface area (Å²) in [5, 5.41) is 18.7. The van der Waals surface area contributed by atoms with E-state index in [1.807, 2.05) is 0 Å². The van der Waals surface area contributed by atoms with E-state index in [0.29, 0.717) is 19.4 Å². The highest BCUT2D eigenvalue weighted by molar-refractivity contribution is 5.70. The Balaban J connectivity index is 2.56. The monoisotopic (exact) mass is 243 g/mol. The molecule has 17 heavy (non-hydrogen) atoms. The van der Waals surface area contributed by atoms with Crippen LogP contribution >= 0.6 is 0 Å². The second-order valence-corrected chi connectivity index (χ2v) is 4.19. The summed E-state index contributed by atoms with van der Waals surface area (Å²) in [5.41, 5.74) is -1.35. The minimum atomic E-state index is -1.35. The summed E-state index contributed by atoms with van der Waals surface area (Å²) in [6, 6.07) is 0. The first kappa shape index (κ1) is 13.5. The molecule has 0 spiro atoms. The molecule has 2 N–H and O–H groups in total. The highest BCUT2D eigenvalue weighted by Crippen LogP contribution is 2.24. The quantitative estimate of drug-likeness (QED) is 0.706. The summed E-state index contributed by atoms with van der Waals surface area (Å²) in [6.45, 7) is 3.99. The Morgan fingerprint density at radius 3 is 2.82 bits per heavy atom. The number of carbonyl (C=O) groups excluding carboxylic acids is 1. The van der Waals surface area contributed by atoms with Gasteiger partial charge in [0, 0.05) is 6.54 Å². The predicted molar refractivity (Wildman–Crippen MR) is 59.6 cm³/mol. The molecule has 1 aliphatic rings. The average Bonchev–Trinajstić information content (AvgIpc) is 2.24. The fourth-order valence-corrected chi connectivity index (χ4v) is 1.92. The number of nitrogens with zero attached hydrogens (tertiary/aromatic N) is 1. The van der Waals surface area contributed by atoms with Crippen LogP contribution in [0.25, 0.3) is 0 Å². The van der Waals surface area contributed by atoms with Crippen LogP contribution in [0.15, 0.2) is 12.7 Å². The van der Waals surface area contributed by atoms with Crippen molar-refractivity contribution in [1.29, 1.82) is 0 Å². The van der Waals surface area contributed by atoms with Crippen molar-refractivity contribution in [1.82, 2.24) is 4.90 Å². The maximum Gasteiger partial charge on any atom is 0.410 e. The van der Waals surface area contributed by atoms with Gasteiger partial charge in [0.15, 0.2) is 0 Å². The van der Waals surface area contributed by atoms with Crippen molar-refractivity contribution in [3.05, 3.63) is 12.7 Å². The fourth-order valence-electron chi connectivity index (χ4n) is 1.92. The molecule has 0 saturated carbocycles. The second kappa shape index (κ2) is 5.67. The lowest BCUT2D eigenvalue weighted by atomic mass is 9.90. The molecule has 0 aromatic rings. The van der Waals surface area contributed by atoms with Gasteiger partial charge in [-0.05, 0) is 12.8 Å². The number of piperidine rings is 1. The van der Waals surface area contributed by atoms with Crippen LogP contribution in [0.5, 0.6) is 0 Å². The van der Waals surface area contributed by atoms with Gasteiger partial charge in [-0.15, -0.1) is 0 Å². The molecule has 1 rings (SSSR count). The normalized spacial score (nSPS) is 24.2. The molecule has 0 aliphatic carbocycles. The van der Waals surface area contributed by atoms with E-state index in [-0.39, 0.29) is 19.6 Å². The van der Waals surface area contributed by atoms with E-state index in [2.05, 4.69) is 6.58 Å². The molecule has 1 amide bonds. The molecule has 6 nitrogen and oxygen atoms in total. The van der Waals surface area contributed by atoms with E-state index in [1.165, 1.54) is 11.0 Å². The first-order valence-electron chi connectivity index (χ1n) is 5.44. The molecular formula is C11H17NO5. The van der Waals surface area contributed by atoms with Crippen molar-refractivity contribution < 1.29 is 24.5 Å². The molecule has 1 saturated heterocycles. The van der Waals surface area contributed by atoms with Gasteiger partial charge in [-0.2, -0.15) is 0 Å². The number of ether oxygens (including phenoxy) is 1. The first-order valence-corrected chi connectivity index (χ1v) is 5.44. The van der Waals surface area contributed by atoms with Gasteiger partial charge in [-0.25, -0.2) is 4.79 Å². The number of carboxylic acid groups (broad SMARTS) is 1. The van der Waals surface area contributed by atoms with Crippen molar-refractivity contribution in [2.75, 3.05) is 19.7 Å². The lowest BCUT2D eigenvalue weighted by Crippen LogP contribution is -2.51. The third-order valence-corrected chi connectivity index (χ3v) is 2.62. The lowest BCUT2D eigenvalue weighted by Gasteiger charge is -2.37. The summed E-state index contributed by atoms with van der Waals surface area (Å²) in [5.74, 6) is -1.08. The Bertz CT molecular complexity index is 317. The maximum absolute atomic E-state index is 11.5. The molecule has 0 radical (unpaired) electrons. The zero-order valence-corrected chi connectivity index (χ0v) is 9.59. The first-order chi connectivity index (χ1) is 7.97. The molecule has 0 bridgehead atoms. The van der Waals surface area contributed by atoms with E-state index in [9.17, 15) is 14.7 Å². The van der Waals surface area contributed by atoms with E-state index in [0.717, 1.165) is 0 Å². The summed E-state index contributed by atoms with van der Waals surface area (Å²) in [6.07, 6.45) is 1.48. The number of aliphatic carboxylic acids is 1. The molecular weight excluding hydrogens is 226 g/mol. The fraction of sp³-hybridized carbons (Fsp3) is 0.636. The average molecular weight is 243 g/mol. The molecule has 1 aliphatic heterocycles. The standard InChI is InChI=1S/C11H17NO5/c1-2-6-17-10(15)12-5-3-4-11(16,8-12)7-9(13)14/h2,16H,1,3-8H2,(H,13,14). The molecule has 1 heterocycles. The number of carboxylic acids is 1. The van der Waals surface area contributed by atoms with Crippen LogP contribution in [0.4, 0.5) is 4.79 Å². The molecule has 0 aromatic carbocycles. The highest BCUT2D eigenvalue weighted by atomic mass is 16.6. The molecule has 1 unspecified atom stereocenters. The number of likely N-dealkylation sites (tertiary alicyclic amines) is 1. The van der Waals surface area contributed by atoms with Crippen LogP contribution < -0.4 is 0 Å². The molecule has 0 aromatic heterocycles.